The number of nitrogens with one attached hydrogen (secondary N) is 1. The van der Waals surface area contributed by atoms with Crippen LogP contribution in [0.15, 0.2) is 6.20 Å². The molecular weight excluding hydrogens is 222 g/mol. The molecule has 1 fully saturated rings. The smallest absolute Gasteiger partial charge is 0.132 e. The van der Waals surface area contributed by atoms with Gasteiger partial charge >= 0.3 is 0 Å². The Labute approximate surface area is 110 Å². The van der Waals surface area contributed by atoms with Crippen molar-refractivity contribution in [3.05, 3.63) is 23.3 Å². The summed E-state index contributed by atoms with van der Waals surface area (Å²) in [5.41, 5.74) is 2.86. The number of rotatable bonds is 5. The van der Waals surface area contributed by atoms with Gasteiger partial charge in [0.2, 0.25) is 0 Å². The van der Waals surface area contributed by atoms with Crippen molar-refractivity contribution in [2.24, 2.45) is 5.41 Å². The van der Waals surface area contributed by atoms with E-state index in [2.05, 4.69) is 44.9 Å². The van der Waals surface area contributed by atoms with E-state index in [4.69, 9.17) is 4.98 Å². The van der Waals surface area contributed by atoms with E-state index in [9.17, 15) is 0 Å². The van der Waals surface area contributed by atoms with E-state index >= 15 is 0 Å². The molecule has 1 saturated carbocycles. The summed E-state index contributed by atoms with van der Waals surface area (Å²) < 4.78 is 0. The normalized spacial score (nSPS) is 21.3. The van der Waals surface area contributed by atoms with Gasteiger partial charge in [0.1, 0.15) is 5.82 Å². The standard InChI is InChI=1S/C15H25N3/c1-6-16-8-11-9-17-14(12-7-15(12,4)5)18-13(11)10(2)3/h9-10,12,16H,6-8H2,1-5H3. The molecule has 0 aliphatic heterocycles. The quantitative estimate of drug-likeness (QED) is 0.868. The Hall–Kier alpha value is -0.960. The monoisotopic (exact) mass is 247 g/mol. The first-order valence-electron chi connectivity index (χ1n) is 7.02. The van der Waals surface area contributed by atoms with Gasteiger partial charge < -0.3 is 5.32 Å². The van der Waals surface area contributed by atoms with E-state index in [1.54, 1.807) is 0 Å². The molecule has 0 bridgehead atoms. The summed E-state index contributed by atoms with van der Waals surface area (Å²) in [4.78, 5) is 9.41. The zero-order chi connectivity index (χ0) is 13.3. The number of aromatic nitrogens is 2. The van der Waals surface area contributed by atoms with Gasteiger partial charge in [0.25, 0.3) is 0 Å². The molecule has 100 valence electrons. The molecular formula is C15H25N3. The van der Waals surface area contributed by atoms with Crippen LogP contribution in [0.4, 0.5) is 0 Å². The molecule has 1 aromatic rings. The van der Waals surface area contributed by atoms with E-state index in [-0.39, 0.29) is 0 Å². The largest absolute Gasteiger partial charge is 0.313 e. The summed E-state index contributed by atoms with van der Waals surface area (Å²) in [5.74, 6) is 2.06. The maximum Gasteiger partial charge on any atom is 0.132 e. The van der Waals surface area contributed by atoms with Crippen LogP contribution >= 0.6 is 0 Å². The third-order valence-electron chi connectivity index (χ3n) is 3.85. The Kier molecular flexibility index (Phi) is 3.71. The molecule has 2 rings (SSSR count). The van der Waals surface area contributed by atoms with Crippen molar-refractivity contribution >= 4 is 0 Å². The number of nitrogens with zero attached hydrogens (tertiary/aromatic N) is 2. The molecule has 18 heavy (non-hydrogen) atoms. The second-order valence-electron chi connectivity index (χ2n) is 6.32. The van der Waals surface area contributed by atoms with E-state index in [1.807, 2.05) is 6.20 Å². The highest BCUT2D eigenvalue weighted by atomic mass is 14.9. The summed E-state index contributed by atoms with van der Waals surface area (Å²) in [7, 11) is 0. The molecule has 1 N–H and O–H groups in total. The molecule has 0 amide bonds. The van der Waals surface area contributed by atoms with Crippen LogP contribution in [0.3, 0.4) is 0 Å². The second kappa shape index (κ2) is 4.96. The Bertz CT molecular complexity index is 424. The topological polar surface area (TPSA) is 37.8 Å². The summed E-state index contributed by atoms with van der Waals surface area (Å²) in [6, 6.07) is 0. The van der Waals surface area contributed by atoms with Crippen molar-refractivity contribution in [2.45, 2.75) is 59.4 Å². The minimum Gasteiger partial charge on any atom is -0.313 e. The van der Waals surface area contributed by atoms with Gasteiger partial charge in [-0.3, -0.25) is 0 Å². The molecule has 0 radical (unpaired) electrons. The minimum atomic E-state index is 0.400. The summed E-state index contributed by atoms with van der Waals surface area (Å²) >= 11 is 0. The van der Waals surface area contributed by atoms with Crippen LogP contribution in [0, 0.1) is 5.41 Å². The highest BCUT2D eigenvalue weighted by Gasteiger charge is 2.48. The molecule has 0 saturated heterocycles. The van der Waals surface area contributed by atoms with Gasteiger partial charge in [0.05, 0.1) is 5.69 Å². The van der Waals surface area contributed by atoms with Crippen molar-refractivity contribution < 1.29 is 0 Å². The lowest BCUT2D eigenvalue weighted by atomic mass is 10.0. The number of hydrogen-bond donors (Lipinski definition) is 1. The third kappa shape index (κ3) is 2.72. The van der Waals surface area contributed by atoms with Crippen LogP contribution < -0.4 is 5.32 Å². The third-order valence-corrected chi connectivity index (χ3v) is 3.85. The van der Waals surface area contributed by atoms with Gasteiger partial charge in [-0.2, -0.15) is 0 Å². The molecule has 1 heterocycles. The van der Waals surface area contributed by atoms with Crippen molar-refractivity contribution in [3.63, 3.8) is 0 Å². The van der Waals surface area contributed by atoms with Gasteiger partial charge in [-0.1, -0.05) is 34.6 Å². The van der Waals surface area contributed by atoms with Gasteiger partial charge in [0, 0.05) is 24.2 Å². The summed E-state index contributed by atoms with van der Waals surface area (Å²) in [6.07, 6.45) is 3.24. The van der Waals surface area contributed by atoms with Crippen LogP contribution in [0.5, 0.6) is 0 Å². The first-order valence-corrected chi connectivity index (χ1v) is 7.02. The van der Waals surface area contributed by atoms with E-state index in [0.29, 0.717) is 17.3 Å². The molecule has 1 aliphatic carbocycles. The molecule has 1 atom stereocenters. The minimum absolute atomic E-state index is 0.400. The zero-order valence-corrected chi connectivity index (χ0v) is 12.2. The summed E-state index contributed by atoms with van der Waals surface area (Å²) in [5, 5.41) is 3.36. The predicted molar refractivity (Wildman–Crippen MR) is 74.6 cm³/mol. The van der Waals surface area contributed by atoms with E-state index in [1.165, 1.54) is 17.7 Å². The first-order chi connectivity index (χ1) is 8.45. The Balaban J connectivity index is 2.23. The fraction of sp³-hybridized carbons (Fsp3) is 0.733. The van der Waals surface area contributed by atoms with E-state index in [0.717, 1.165) is 18.9 Å². The second-order valence-corrected chi connectivity index (χ2v) is 6.32. The summed E-state index contributed by atoms with van der Waals surface area (Å²) in [6.45, 7) is 13.0. The van der Waals surface area contributed by atoms with Crippen LogP contribution in [0.1, 0.15) is 70.0 Å². The van der Waals surface area contributed by atoms with Crippen LogP contribution in [-0.4, -0.2) is 16.5 Å². The molecule has 1 unspecified atom stereocenters. The van der Waals surface area contributed by atoms with Gasteiger partial charge in [0.15, 0.2) is 0 Å². The lowest BCUT2D eigenvalue weighted by Crippen LogP contribution is -2.16. The first kappa shape index (κ1) is 13.5. The van der Waals surface area contributed by atoms with Gasteiger partial charge in [-0.15, -0.1) is 0 Å². The predicted octanol–water partition coefficient (Wildman–Crippen LogP) is 3.22. The van der Waals surface area contributed by atoms with Crippen LogP contribution in [0.25, 0.3) is 0 Å². The Morgan fingerprint density at radius 1 is 1.44 bits per heavy atom. The highest BCUT2D eigenvalue weighted by Crippen LogP contribution is 2.57. The maximum atomic E-state index is 4.83. The molecule has 0 spiro atoms. The number of hydrogen-bond acceptors (Lipinski definition) is 3. The van der Waals surface area contributed by atoms with Crippen LogP contribution in [-0.2, 0) is 6.54 Å². The van der Waals surface area contributed by atoms with Crippen molar-refractivity contribution in [1.82, 2.24) is 15.3 Å². The average Bonchev–Trinajstić information content (AvgIpc) is 2.95. The lowest BCUT2D eigenvalue weighted by Gasteiger charge is -2.13. The SMILES string of the molecule is CCNCc1cnc(C2CC2(C)C)nc1C(C)C. The lowest BCUT2D eigenvalue weighted by molar-refractivity contribution is 0.601. The van der Waals surface area contributed by atoms with Crippen molar-refractivity contribution in [1.29, 1.82) is 0 Å². The highest BCUT2D eigenvalue weighted by molar-refractivity contribution is 5.24. The Morgan fingerprint density at radius 2 is 2.11 bits per heavy atom. The van der Waals surface area contributed by atoms with Gasteiger partial charge in [-0.25, -0.2) is 9.97 Å². The Morgan fingerprint density at radius 3 is 2.61 bits per heavy atom. The van der Waals surface area contributed by atoms with Crippen LogP contribution in [0.2, 0.25) is 0 Å². The van der Waals surface area contributed by atoms with Crippen molar-refractivity contribution in [3.8, 4) is 0 Å². The maximum absolute atomic E-state index is 4.83. The molecule has 0 aromatic carbocycles. The molecule has 1 aliphatic rings. The average molecular weight is 247 g/mol. The van der Waals surface area contributed by atoms with Gasteiger partial charge in [-0.05, 0) is 24.3 Å². The molecule has 3 nitrogen and oxygen atoms in total. The molecule has 1 aromatic heterocycles. The molecule has 3 heteroatoms. The van der Waals surface area contributed by atoms with E-state index < -0.39 is 0 Å². The fourth-order valence-corrected chi connectivity index (χ4v) is 2.41. The van der Waals surface area contributed by atoms with Crippen molar-refractivity contribution in [2.75, 3.05) is 6.54 Å². The zero-order valence-electron chi connectivity index (χ0n) is 12.2. The fourth-order valence-electron chi connectivity index (χ4n) is 2.41.